The van der Waals surface area contributed by atoms with E-state index in [1.54, 1.807) is 4.88 Å². The van der Waals surface area contributed by atoms with Crippen LogP contribution in [0, 0.1) is 13.8 Å². The van der Waals surface area contributed by atoms with Gasteiger partial charge in [0.15, 0.2) is 0 Å². The Morgan fingerprint density at radius 2 is 1.81 bits per heavy atom. The SMILES string of the molecule is CCCCCCc1cc2c(C)sc(C)c2s1. The molecule has 2 aromatic heterocycles. The number of thiophene rings is 2. The summed E-state index contributed by atoms with van der Waals surface area (Å²) in [6.45, 7) is 6.76. The lowest BCUT2D eigenvalue weighted by atomic mass is 10.1. The second-order valence-corrected chi connectivity index (χ2v) is 7.05. The molecular formula is C14H20S2. The van der Waals surface area contributed by atoms with E-state index in [4.69, 9.17) is 0 Å². The highest BCUT2D eigenvalue weighted by Crippen LogP contribution is 2.37. The van der Waals surface area contributed by atoms with Crippen molar-refractivity contribution in [2.45, 2.75) is 52.9 Å². The molecule has 88 valence electrons. The van der Waals surface area contributed by atoms with Gasteiger partial charge >= 0.3 is 0 Å². The van der Waals surface area contributed by atoms with Crippen LogP contribution in [0.3, 0.4) is 0 Å². The molecule has 0 unspecified atom stereocenters. The van der Waals surface area contributed by atoms with Crippen LogP contribution in [-0.4, -0.2) is 0 Å². The average Bonchev–Trinajstić information content (AvgIpc) is 2.77. The molecular weight excluding hydrogens is 232 g/mol. The number of hydrogen-bond donors (Lipinski definition) is 0. The average molecular weight is 252 g/mol. The van der Waals surface area contributed by atoms with Gasteiger partial charge in [0.1, 0.15) is 0 Å². The largest absolute Gasteiger partial charge is 0.144 e. The molecule has 16 heavy (non-hydrogen) atoms. The lowest BCUT2D eigenvalue weighted by Crippen LogP contribution is -1.80. The van der Waals surface area contributed by atoms with E-state index < -0.39 is 0 Å². The number of fused-ring (bicyclic) bond motifs is 1. The second kappa shape index (κ2) is 5.33. The number of hydrogen-bond acceptors (Lipinski definition) is 2. The highest BCUT2D eigenvalue weighted by molar-refractivity contribution is 7.24. The second-order valence-electron chi connectivity index (χ2n) is 4.48. The number of rotatable bonds is 5. The Kier molecular flexibility index (Phi) is 4.04. The molecule has 0 saturated heterocycles. The molecule has 0 nitrogen and oxygen atoms in total. The van der Waals surface area contributed by atoms with E-state index in [2.05, 4.69) is 26.8 Å². The van der Waals surface area contributed by atoms with Gasteiger partial charge in [-0.05, 0) is 32.8 Å². The highest BCUT2D eigenvalue weighted by atomic mass is 32.1. The molecule has 0 aliphatic carbocycles. The lowest BCUT2D eigenvalue weighted by molar-refractivity contribution is 0.670. The third-order valence-corrected chi connectivity index (χ3v) is 5.55. The first-order valence-electron chi connectivity index (χ1n) is 6.20. The van der Waals surface area contributed by atoms with E-state index in [0.717, 1.165) is 0 Å². The summed E-state index contributed by atoms with van der Waals surface area (Å²) in [5.74, 6) is 0. The maximum Gasteiger partial charge on any atom is 0.0484 e. The van der Waals surface area contributed by atoms with Crippen molar-refractivity contribution in [2.24, 2.45) is 0 Å². The van der Waals surface area contributed by atoms with Crippen molar-refractivity contribution in [3.63, 3.8) is 0 Å². The predicted molar refractivity (Wildman–Crippen MR) is 77.0 cm³/mol. The van der Waals surface area contributed by atoms with Crippen molar-refractivity contribution in [1.82, 2.24) is 0 Å². The Bertz CT molecular complexity index is 428. The molecule has 2 rings (SSSR count). The van der Waals surface area contributed by atoms with Gasteiger partial charge in [-0.25, -0.2) is 0 Å². The van der Waals surface area contributed by atoms with Gasteiger partial charge in [0, 0.05) is 24.7 Å². The molecule has 0 aliphatic rings. The molecule has 0 bridgehead atoms. The summed E-state index contributed by atoms with van der Waals surface area (Å²) in [4.78, 5) is 4.57. The molecule has 2 heterocycles. The van der Waals surface area contributed by atoms with Gasteiger partial charge in [-0.1, -0.05) is 26.2 Å². The van der Waals surface area contributed by atoms with Crippen LogP contribution in [0.1, 0.15) is 47.2 Å². The summed E-state index contributed by atoms with van der Waals surface area (Å²) < 4.78 is 1.54. The fourth-order valence-corrected chi connectivity index (χ4v) is 4.54. The van der Waals surface area contributed by atoms with Gasteiger partial charge in [-0.15, -0.1) is 22.7 Å². The quantitative estimate of drug-likeness (QED) is 0.599. The first-order chi connectivity index (χ1) is 7.72. The van der Waals surface area contributed by atoms with Gasteiger partial charge < -0.3 is 0 Å². The van der Waals surface area contributed by atoms with Gasteiger partial charge in [0.05, 0.1) is 0 Å². The minimum atomic E-state index is 1.28. The molecule has 0 amide bonds. The summed E-state index contributed by atoms with van der Waals surface area (Å²) in [7, 11) is 0. The summed E-state index contributed by atoms with van der Waals surface area (Å²) in [6.07, 6.45) is 6.75. The third-order valence-electron chi connectivity index (χ3n) is 3.07. The first kappa shape index (κ1) is 12.1. The molecule has 0 radical (unpaired) electrons. The van der Waals surface area contributed by atoms with E-state index in [0.29, 0.717) is 0 Å². The van der Waals surface area contributed by atoms with Crippen LogP contribution in [-0.2, 0) is 6.42 Å². The molecule has 0 atom stereocenters. The molecule has 0 aromatic carbocycles. The van der Waals surface area contributed by atoms with Crippen LogP contribution in [0.25, 0.3) is 10.1 Å². The van der Waals surface area contributed by atoms with Crippen molar-refractivity contribution < 1.29 is 0 Å². The first-order valence-corrected chi connectivity index (χ1v) is 7.84. The van der Waals surface area contributed by atoms with Gasteiger partial charge in [0.2, 0.25) is 0 Å². The fraction of sp³-hybridized carbons (Fsp3) is 0.571. The lowest BCUT2D eigenvalue weighted by Gasteiger charge is -1.96. The zero-order chi connectivity index (χ0) is 11.5. The van der Waals surface area contributed by atoms with Crippen LogP contribution in [0.2, 0.25) is 0 Å². The summed E-state index contributed by atoms with van der Waals surface area (Å²) in [5, 5.41) is 1.51. The minimum Gasteiger partial charge on any atom is -0.144 e. The monoisotopic (exact) mass is 252 g/mol. The topological polar surface area (TPSA) is 0 Å². The van der Waals surface area contributed by atoms with E-state index >= 15 is 0 Å². The minimum absolute atomic E-state index is 1.28. The van der Waals surface area contributed by atoms with E-state index in [-0.39, 0.29) is 0 Å². The summed E-state index contributed by atoms with van der Waals surface area (Å²) in [5.41, 5.74) is 0. The predicted octanol–water partition coefficient (Wildman–Crippen LogP) is 5.70. The Morgan fingerprint density at radius 1 is 1.00 bits per heavy atom. The maximum atomic E-state index is 2.42. The summed E-state index contributed by atoms with van der Waals surface area (Å²) in [6, 6.07) is 2.42. The Balaban J connectivity index is 2.05. The normalized spacial score (nSPS) is 11.4. The van der Waals surface area contributed by atoms with Crippen molar-refractivity contribution in [1.29, 1.82) is 0 Å². The van der Waals surface area contributed by atoms with Gasteiger partial charge in [0.25, 0.3) is 0 Å². The molecule has 0 N–H and O–H groups in total. The smallest absolute Gasteiger partial charge is 0.0484 e. The third kappa shape index (κ3) is 2.49. The standard InChI is InChI=1S/C14H20S2/c1-4-5-6-7-8-12-9-13-10(2)15-11(3)14(13)16-12/h9H,4-8H2,1-3H3. The van der Waals surface area contributed by atoms with Gasteiger partial charge in [-0.2, -0.15) is 0 Å². The van der Waals surface area contributed by atoms with Crippen LogP contribution in [0.15, 0.2) is 6.07 Å². The van der Waals surface area contributed by atoms with E-state index in [1.165, 1.54) is 51.9 Å². The highest BCUT2D eigenvalue weighted by Gasteiger charge is 2.09. The van der Waals surface area contributed by atoms with Crippen LogP contribution in [0.5, 0.6) is 0 Å². The molecule has 0 saturated carbocycles. The van der Waals surface area contributed by atoms with Crippen molar-refractivity contribution >= 4 is 32.8 Å². The Labute approximate surface area is 106 Å². The van der Waals surface area contributed by atoms with Crippen LogP contribution in [0.4, 0.5) is 0 Å². The number of aryl methyl sites for hydroxylation is 3. The van der Waals surface area contributed by atoms with Gasteiger partial charge in [-0.3, -0.25) is 0 Å². The molecule has 2 heteroatoms. The molecule has 0 fully saturated rings. The van der Waals surface area contributed by atoms with Crippen molar-refractivity contribution in [3.8, 4) is 0 Å². The molecule has 0 aliphatic heterocycles. The fourth-order valence-electron chi connectivity index (χ4n) is 2.15. The Hall–Kier alpha value is -0.340. The Morgan fingerprint density at radius 3 is 2.50 bits per heavy atom. The number of unbranched alkanes of at least 4 members (excludes halogenated alkanes) is 3. The van der Waals surface area contributed by atoms with E-state index in [9.17, 15) is 0 Å². The van der Waals surface area contributed by atoms with Crippen molar-refractivity contribution in [2.75, 3.05) is 0 Å². The summed E-state index contributed by atoms with van der Waals surface area (Å²) >= 11 is 3.95. The van der Waals surface area contributed by atoms with Crippen molar-refractivity contribution in [3.05, 3.63) is 20.7 Å². The van der Waals surface area contributed by atoms with E-state index in [1.807, 2.05) is 22.7 Å². The maximum absolute atomic E-state index is 2.42. The zero-order valence-electron chi connectivity index (χ0n) is 10.4. The zero-order valence-corrected chi connectivity index (χ0v) is 12.1. The van der Waals surface area contributed by atoms with Crippen LogP contribution < -0.4 is 0 Å². The van der Waals surface area contributed by atoms with Crippen LogP contribution >= 0.6 is 22.7 Å². The molecule has 2 aromatic rings. The molecule has 0 spiro atoms.